The number of amides is 1. The fourth-order valence-corrected chi connectivity index (χ4v) is 2.82. The van der Waals surface area contributed by atoms with Gasteiger partial charge in [-0.3, -0.25) is 24.9 Å². The van der Waals surface area contributed by atoms with Gasteiger partial charge in [0.25, 0.3) is 11.5 Å². The van der Waals surface area contributed by atoms with Crippen molar-refractivity contribution < 1.29 is 14.3 Å². The number of fused-ring (bicyclic) bond motifs is 1. The number of ether oxygens (including phenoxy) is 1. The molecule has 2 aromatic heterocycles. The van der Waals surface area contributed by atoms with E-state index in [0.717, 1.165) is 10.2 Å². The lowest BCUT2D eigenvalue weighted by atomic mass is 10.3. The minimum atomic E-state index is -1.10. The number of nitrogens with one attached hydrogen (secondary N) is 3. The zero-order valence-electron chi connectivity index (χ0n) is 12.5. The standard InChI is InChI=1S/C14H11N5O5S/c15-9-10(18-13(23)19-11(9)21)12(22)24-5-8(20)17-14-16-6-3-1-2-4-7(6)25-14/h1-4H,5,15H2,(H,16,17,20)(H2,18,19,21,23). The van der Waals surface area contributed by atoms with E-state index in [4.69, 9.17) is 10.5 Å². The summed E-state index contributed by atoms with van der Waals surface area (Å²) in [5.41, 5.74) is 3.28. The van der Waals surface area contributed by atoms with Crippen molar-refractivity contribution >= 4 is 44.2 Å². The molecule has 0 bridgehead atoms. The summed E-state index contributed by atoms with van der Waals surface area (Å²) in [5, 5.41) is 2.85. The van der Waals surface area contributed by atoms with Gasteiger partial charge in [0.05, 0.1) is 10.2 Å². The summed E-state index contributed by atoms with van der Waals surface area (Å²) in [7, 11) is 0. The number of para-hydroxylation sites is 1. The zero-order chi connectivity index (χ0) is 18.0. The number of hydrogen-bond acceptors (Lipinski definition) is 8. The molecule has 0 aliphatic rings. The first-order valence-corrected chi connectivity index (χ1v) is 7.70. The molecule has 5 N–H and O–H groups in total. The summed E-state index contributed by atoms with van der Waals surface area (Å²) in [6.45, 7) is -0.636. The van der Waals surface area contributed by atoms with Gasteiger partial charge in [0.15, 0.2) is 17.4 Å². The molecular weight excluding hydrogens is 350 g/mol. The molecule has 0 saturated heterocycles. The van der Waals surface area contributed by atoms with E-state index >= 15 is 0 Å². The maximum Gasteiger partial charge on any atom is 0.357 e. The Morgan fingerprint density at radius 2 is 2.00 bits per heavy atom. The Labute approximate surface area is 142 Å². The molecule has 128 valence electrons. The number of nitrogens with two attached hydrogens (primary N) is 1. The van der Waals surface area contributed by atoms with Crippen LogP contribution in [0.5, 0.6) is 0 Å². The third-order valence-electron chi connectivity index (χ3n) is 3.06. The van der Waals surface area contributed by atoms with Crippen LogP contribution in [0.15, 0.2) is 33.9 Å². The van der Waals surface area contributed by atoms with Crippen LogP contribution in [-0.4, -0.2) is 33.4 Å². The Kier molecular flexibility index (Phi) is 4.31. The van der Waals surface area contributed by atoms with Crippen LogP contribution >= 0.6 is 11.3 Å². The van der Waals surface area contributed by atoms with E-state index in [1.165, 1.54) is 11.3 Å². The summed E-state index contributed by atoms with van der Waals surface area (Å²) in [5.74, 6) is -1.72. The average Bonchev–Trinajstić information content (AvgIpc) is 2.98. The number of thiazole rings is 1. The summed E-state index contributed by atoms with van der Waals surface area (Å²) >= 11 is 1.27. The monoisotopic (exact) mass is 361 g/mol. The predicted octanol–water partition coefficient (Wildman–Crippen LogP) is 0.0506. The summed E-state index contributed by atoms with van der Waals surface area (Å²) in [6.07, 6.45) is 0. The molecule has 0 atom stereocenters. The number of benzene rings is 1. The lowest BCUT2D eigenvalue weighted by Crippen LogP contribution is -2.30. The first kappa shape index (κ1) is 16.4. The molecule has 0 spiro atoms. The maximum absolute atomic E-state index is 11.9. The van der Waals surface area contributed by atoms with Crippen LogP contribution in [0.1, 0.15) is 10.5 Å². The van der Waals surface area contributed by atoms with Gasteiger partial charge < -0.3 is 10.5 Å². The van der Waals surface area contributed by atoms with E-state index in [0.29, 0.717) is 5.13 Å². The van der Waals surface area contributed by atoms with Crippen molar-refractivity contribution in [1.82, 2.24) is 15.0 Å². The maximum atomic E-state index is 11.9. The molecule has 2 heterocycles. The average molecular weight is 361 g/mol. The van der Waals surface area contributed by atoms with E-state index in [9.17, 15) is 19.2 Å². The van der Waals surface area contributed by atoms with Crippen molar-refractivity contribution in [2.45, 2.75) is 0 Å². The van der Waals surface area contributed by atoms with Crippen molar-refractivity contribution in [2.24, 2.45) is 0 Å². The fraction of sp³-hybridized carbons (Fsp3) is 0.0714. The number of carbonyl (C=O) groups is 2. The normalized spacial score (nSPS) is 10.6. The van der Waals surface area contributed by atoms with Crippen LogP contribution in [0, 0.1) is 0 Å². The molecule has 25 heavy (non-hydrogen) atoms. The van der Waals surface area contributed by atoms with Gasteiger partial charge in [-0.25, -0.2) is 14.6 Å². The van der Waals surface area contributed by atoms with Gasteiger partial charge in [-0.2, -0.15) is 0 Å². The van der Waals surface area contributed by atoms with Crippen LogP contribution in [0.3, 0.4) is 0 Å². The van der Waals surface area contributed by atoms with Crippen LogP contribution in [0.4, 0.5) is 10.8 Å². The quantitative estimate of drug-likeness (QED) is 0.477. The van der Waals surface area contributed by atoms with Gasteiger partial charge in [-0.1, -0.05) is 23.5 Å². The number of aromatic nitrogens is 3. The summed E-state index contributed by atoms with van der Waals surface area (Å²) < 4.78 is 5.64. The Balaban J connectivity index is 1.65. The highest BCUT2D eigenvalue weighted by Crippen LogP contribution is 2.25. The largest absolute Gasteiger partial charge is 0.451 e. The molecule has 0 aliphatic carbocycles. The number of H-pyrrole nitrogens is 2. The number of esters is 1. The number of aromatic amines is 2. The first-order valence-electron chi connectivity index (χ1n) is 6.88. The number of carbonyl (C=O) groups excluding carboxylic acids is 2. The summed E-state index contributed by atoms with van der Waals surface area (Å²) in [4.78, 5) is 54.3. The van der Waals surface area contributed by atoms with Gasteiger partial charge in [-0.05, 0) is 12.1 Å². The van der Waals surface area contributed by atoms with Gasteiger partial charge >= 0.3 is 11.7 Å². The third-order valence-corrected chi connectivity index (χ3v) is 4.01. The van der Waals surface area contributed by atoms with Crippen molar-refractivity contribution in [3.05, 3.63) is 50.8 Å². The second-order valence-electron chi connectivity index (χ2n) is 4.81. The molecule has 1 aromatic carbocycles. The van der Waals surface area contributed by atoms with Gasteiger partial charge in [-0.15, -0.1) is 0 Å². The van der Waals surface area contributed by atoms with Crippen molar-refractivity contribution in [3.8, 4) is 0 Å². The number of rotatable bonds is 4. The van der Waals surface area contributed by atoms with Crippen LogP contribution < -0.4 is 22.3 Å². The molecule has 10 nitrogen and oxygen atoms in total. The number of anilines is 2. The number of hydrogen-bond donors (Lipinski definition) is 4. The third kappa shape index (κ3) is 3.55. The van der Waals surface area contributed by atoms with Crippen molar-refractivity contribution in [3.63, 3.8) is 0 Å². The molecule has 0 saturated carbocycles. The molecular formula is C14H11N5O5S. The second kappa shape index (κ2) is 6.57. The molecule has 0 aliphatic heterocycles. The highest BCUT2D eigenvalue weighted by atomic mass is 32.1. The van der Waals surface area contributed by atoms with Crippen molar-refractivity contribution in [1.29, 1.82) is 0 Å². The van der Waals surface area contributed by atoms with Crippen LogP contribution in [0.25, 0.3) is 10.2 Å². The topological polar surface area (TPSA) is 160 Å². The van der Waals surface area contributed by atoms with E-state index in [1.807, 2.05) is 23.2 Å². The van der Waals surface area contributed by atoms with Crippen LogP contribution in [0.2, 0.25) is 0 Å². The van der Waals surface area contributed by atoms with Gasteiger partial charge in [0.2, 0.25) is 0 Å². The Bertz CT molecular complexity index is 1050. The fourth-order valence-electron chi connectivity index (χ4n) is 1.94. The number of nitrogen functional groups attached to an aromatic ring is 1. The van der Waals surface area contributed by atoms with E-state index in [1.54, 1.807) is 6.07 Å². The Hall–Kier alpha value is -3.47. The molecule has 0 radical (unpaired) electrons. The Morgan fingerprint density at radius 1 is 1.24 bits per heavy atom. The SMILES string of the molecule is Nc1c(C(=O)OCC(=O)Nc2nc3ccccc3s2)[nH]c(=O)[nH]c1=O. The highest BCUT2D eigenvalue weighted by molar-refractivity contribution is 7.22. The molecule has 3 rings (SSSR count). The van der Waals surface area contributed by atoms with Gasteiger partial charge in [0, 0.05) is 0 Å². The minimum absolute atomic E-state index is 0.353. The summed E-state index contributed by atoms with van der Waals surface area (Å²) in [6, 6.07) is 7.32. The first-order chi connectivity index (χ1) is 11.9. The van der Waals surface area contributed by atoms with E-state index < -0.39 is 41.1 Å². The minimum Gasteiger partial charge on any atom is -0.451 e. The van der Waals surface area contributed by atoms with Gasteiger partial charge in [0.1, 0.15) is 5.69 Å². The van der Waals surface area contributed by atoms with Crippen LogP contribution in [-0.2, 0) is 9.53 Å². The molecule has 0 fully saturated rings. The lowest BCUT2D eigenvalue weighted by Gasteiger charge is -2.05. The lowest BCUT2D eigenvalue weighted by molar-refractivity contribution is -0.119. The highest BCUT2D eigenvalue weighted by Gasteiger charge is 2.17. The smallest absolute Gasteiger partial charge is 0.357 e. The molecule has 0 unspecified atom stereocenters. The predicted molar refractivity (Wildman–Crippen MR) is 90.6 cm³/mol. The second-order valence-corrected chi connectivity index (χ2v) is 5.84. The Morgan fingerprint density at radius 3 is 2.76 bits per heavy atom. The molecule has 3 aromatic rings. The number of nitrogens with zero attached hydrogens (tertiary/aromatic N) is 1. The van der Waals surface area contributed by atoms with E-state index in [2.05, 4.69) is 15.3 Å². The van der Waals surface area contributed by atoms with E-state index in [-0.39, 0.29) is 0 Å². The molecule has 1 amide bonds. The van der Waals surface area contributed by atoms with Crippen molar-refractivity contribution in [2.75, 3.05) is 17.7 Å². The zero-order valence-corrected chi connectivity index (χ0v) is 13.3. The molecule has 11 heteroatoms.